The van der Waals surface area contributed by atoms with E-state index in [4.69, 9.17) is 0 Å². The van der Waals surface area contributed by atoms with Crippen LogP contribution in [0.15, 0.2) is 48.1 Å². The molecule has 4 nitrogen and oxygen atoms in total. The molecule has 0 saturated heterocycles. The second kappa shape index (κ2) is 5.07. The Morgan fingerprint density at radius 1 is 1.16 bits per heavy atom. The third kappa shape index (κ3) is 2.71. The largest absolute Gasteiger partial charge is 0.508 e. The predicted molar refractivity (Wildman–Crippen MR) is 75.6 cm³/mol. The van der Waals surface area contributed by atoms with Crippen molar-refractivity contribution >= 4 is 22.8 Å². The highest BCUT2D eigenvalue weighted by atomic mass is 32.1. The van der Waals surface area contributed by atoms with Crippen LogP contribution in [0.4, 0.5) is 11.5 Å². The van der Waals surface area contributed by atoms with Crippen LogP contribution < -0.4 is 5.32 Å². The molecular formula is C14H10N3OS. The summed E-state index contributed by atoms with van der Waals surface area (Å²) in [5.41, 5.74) is 1.80. The zero-order valence-corrected chi connectivity index (χ0v) is 10.7. The molecule has 93 valence electrons. The van der Waals surface area contributed by atoms with Crippen LogP contribution in [0.5, 0.6) is 5.75 Å². The van der Waals surface area contributed by atoms with Crippen molar-refractivity contribution in [2.24, 2.45) is 0 Å². The minimum absolute atomic E-state index is 0.238. The molecule has 2 aromatic heterocycles. The highest BCUT2D eigenvalue weighted by Gasteiger charge is 2.02. The van der Waals surface area contributed by atoms with Crippen molar-refractivity contribution < 1.29 is 5.11 Å². The summed E-state index contributed by atoms with van der Waals surface area (Å²) in [5, 5.41) is 15.2. The molecule has 0 aliphatic heterocycles. The van der Waals surface area contributed by atoms with Crippen LogP contribution in [0.3, 0.4) is 0 Å². The standard InChI is InChI=1S/C14H10N3OS/c18-12-4-2-11(3-5-12)17-13-6-1-10(9-16-13)14-15-7-8-19-14/h1-5,7-9,18H,(H,16,17). The first-order valence-corrected chi connectivity index (χ1v) is 6.53. The Morgan fingerprint density at radius 2 is 2.00 bits per heavy atom. The molecule has 0 fully saturated rings. The van der Waals surface area contributed by atoms with E-state index in [2.05, 4.69) is 21.4 Å². The Balaban J connectivity index is 1.77. The van der Waals surface area contributed by atoms with Crippen LogP contribution in [-0.2, 0) is 0 Å². The van der Waals surface area contributed by atoms with Gasteiger partial charge in [-0.3, -0.25) is 0 Å². The summed E-state index contributed by atoms with van der Waals surface area (Å²) in [4.78, 5) is 8.51. The highest BCUT2D eigenvalue weighted by molar-refractivity contribution is 7.13. The third-order valence-corrected chi connectivity index (χ3v) is 3.33. The maximum atomic E-state index is 9.21. The Kier molecular flexibility index (Phi) is 3.12. The molecule has 0 aliphatic rings. The van der Waals surface area contributed by atoms with E-state index in [-0.39, 0.29) is 5.75 Å². The first-order valence-electron chi connectivity index (χ1n) is 5.65. The summed E-state index contributed by atoms with van der Waals surface area (Å²) >= 11 is 1.57. The zero-order chi connectivity index (χ0) is 13.1. The molecule has 1 radical (unpaired) electrons. The lowest BCUT2D eigenvalue weighted by Crippen LogP contribution is -1.93. The van der Waals surface area contributed by atoms with E-state index < -0.39 is 0 Å². The number of hydrogen-bond donors (Lipinski definition) is 2. The van der Waals surface area contributed by atoms with Crippen LogP contribution in [0.1, 0.15) is 0 Å². The fourth-order valence-corrected chi connectivity index (χ4v) is 2.21. The van der Waals surface area contributed by atoms with E-state index in [1.54, 1.807) is 48.0 Å². The molecule has 1 aromatic carbocycles. The third-order valence-electron chi connectivity index (χ3n) is 2.51. The summed E-state index contributed by atoms with van der Waals surface area (Å²) < 4.78 is 0. The summed E-state index contributed by atoms with van der Waals surface area (Å²) in [6.07, 6.45) is 3.53. The highest BCUT2D eigenvalue weighted by Crippen LogP contribution is 2.23. The number of phenolic OH excluding ortho intramolecular Hbond substituents is 1. The molecule has 0 spiro atoms. The topological polar surface area (TPSA) is 58.0 Å². The Bertz CT molecular complexity index is 648. The number of aromatic nitrogens is 2. The van der Waals surface area contributed by atoms with E-state index in [0.717, 1.165) is 16.3 Å². The zero-order valence-electron chi connectivity index (χ0n) is 9.87. The first kappa shape index (κ1) is 11.7. The average Bonchev–Trinajstić information content (AvgIpc) is 2.96. The molecule has 2 heterocycles. The molecule has 0 saturated carbocycles. The van der Waals surface area contributed by atoms with Gasteiger partial charge in [0.2, 0.25) is 0 Å². The van der Waals surface area contributed by atoms with Crippen molar-refractivity contribution in [3.05, 3.63) is 54.2 Å². The number of hydrogen-bond acceptors (Lipinski definition) is 5. The SMILES string of the molecule is Oc1ccc(Nc2[c]cc(-c3nccs3)cn2)cc1. The molecule has 5 heteroatoms. The minimum atomic E-state index is 0.238. The van der Waals surface area contributed by atoms with Crippen LogP contribution in [0, 0.1) is 6.07 Å². The smallest absolute Gasteiger partial charge is 0.138 e. The Labute approximate surface area is 114 Å². The lowest BCUT2D eigenvalue weighted by atomic mass is 10.3. The quantitative estimate of drug-likeness (QED) is 0.714. The number of aromatic hydroxyl groups is 1. The van der Waals surface area contributed by atoms with Crippen molar-refractivity contribution in [2.75, 3.05) is 5.32 Å². The van der Waals surface area contributed by atoms with Crippen molar-refractivity contribution in [1.29, 1.82) is 0 Å². The number of benzene rings is 1. The average molecular weight is 268 g/mol. The van der Waals surface area contributed by atoms with Crippen molar-refractivity contribution in [3.8, 4) is 16.3 Å². The molecule has 0 atom stereocenters. The number of anilines is 2. The van der Waals surface area contributed by atoms with Gasteiger partial charge in [-0.05, 0) is 30.3 Å². The molecular weight excluding hydrogens is 258 g/mol. The van der Waals surface area contributed by atoms with Crippen LogP contribution in [0.2, 0.25) is 0 Å². The Hall–Kier alpha value is -2.40. The van der Waals surface area contributed by atoms with Crippen LogP contribution in [-0.4, -0.2) is 15.1 Å². The molecule has 2 N–H and O–H groups in total. The van der Waals surface area contributed by atoms with Gasteiger partial charge in [-0.15, -0.1) is 11.3 Å². The van der Waals surface area contributed by atoms with Gasteiger partial charge in [0.15, 0.2) is 0 Å². The summed E-state index contributed by atoms with van der Waals surface area (Å²) in [6, 6.07) is 11.7. The summed E-state index contributed by atoms with van der Waals surface area (Å²) in [5.74, 6) is 0.868. The number of phenols is 1. The molecule has 3 rings (SSSR count). The normalized spacial score (nSPS) is 10.3. The number of thiazole rings is 1. The van der Waals surface area contributed by atoms with Gasteiger partial charge in [0.25, 0.3) is 0 Å². The van der Waals surface area contributed by atoms with Crippen molar-refractivity contribution in [1.82, 2.24) is 9.97 Å². The first-order chi connectivity index (χ1) is 9.31. The molecule has 0 unspecified atom stereocenters. The fraction of sp³-hybridized carbons (Fsp3) is 0. The van der Waals surface area contributed by atoms with Crippen LogP contribution in [0.25, 0.3) is 10.6 Å². The maximum Gasteiger partial charge on any atom is 0.138 e. The minimum Gasteiger partial charge on any atom is -0.508 e. The second-order valence-electron chi connectivity index (χ2n) is 3.86. The second-order valence-corrected chi connectivity index (χ2v) is 4.75. The fourth-order valence-electron chi connectivity index (χ4n) is 1.59. The summed E-state index contributed by atoms with van der Waals surface area (Å²) in [6.45, 7) is 0. The lowest BCUT2D eigenvalue weighted by Gasteiger charge is -2.05. The van der Waals surface area contributed by atoms with Gasteiger partial charge < -0.3 is 10.4 Å². The van der Waals surface area contributed by atoms with E-state index in [0.29, 0.717) is 5.82 Å². The monoisotopic (exact) mass is 268 g/mol. The maximum absolute atomic E-state index is 9.21. The molecule has 19 heavy (non-hydrogen) atoms. The van der Waals surface area contributed by atoms with Gasteiger partial charge in [0, 0.05) is 35.1 Å². The predicted octanol–water partition coefficient (Wildman–Crippen LogP) is 3.45. The van der Waals surface area contributed by atoms with E-state index >= 15 is 0 Å². The molecule has 0 aliphatic carbocycles. The van der Waals surface area contributed by atoms with Gasteiger partial charge in [0.05, 0.1) is 0 Å². The van der Waals surface area contributed by atoms with Gasteiger partial charge in [0.1, 0.15) is 16.6 Å². The van der Waals surface area contributed by atoms with E-state index in [1.807, 2.05) is 11.4 Å². The van der Waals surface area contributed by atoms with Gasteiger partial charge in [-0.25, -0.2) is 9.97 Å². The van der Waals surface area contributed by atoms with Crippen molar-refractivity contribution in [3.63, 3.8) is 0 Å². The van der Waals surface area contributed by atoms with Gasteiger partial charge in [-0.1, -0.05) is 0 Å². The van der Waals surface area contributed by atoms with Crippen LogP contribution >= 0.6 is 11.3 Å². The molecule has 0 amide bonds. The number of pyridine rings is 1. The Morgan fingerprint density at radius 3 is 2.63 bits per heavy atom. The molecule has 3 aromatic rings. The van der Waals surface area contributed by atoms with Gasteiger partial charge in [-0.2, -0.15) is 0 Å². The van der Waals surface area contributed by atoms with Crippen molar-refractivity contribution in [2.45, 2.75) is 0 Å². The lowest BCUT2D eigenvalue weighted by molar-refractivity contribution is 0.475. The number of nitrogens with one attached hydrogen (secondary N) is 1. The van der Waals surface area contributed by atoms with E-state index in [1.165, 1.54) is 0 Å². The molecule has 0 bridgehead atoms. The van der Waals surface area contributed by atoms with Gasteiger partial charge >= 0.3 is 0 Å². The number of rotatable bonds is 3. The van der Waals surface area contributed by atoms with E-state index in [9.17, 15) is 5.11 Å². The summed E-state index contributed by atoms with van der Waals surface area (Å²) in [7, 11) is 0. The number of nitrogens with zero attached hydrogens (tertiary/aromatic N) is 2.